The van der Waals surface area contributed by atoms with E-state index in [2.05, 4.69) is 13.8 Å². The molecule has 72 valence electrons. The summed E-state index contributed by atoms with van der Waals surface area (Å²) in [5.74, 6) is 0.828. The Morgan fingerprint density at radius 2 is 1.92 bits per heavy atom. The van der Waals surface area contributed by atoms with Crippen molar-refractivity contribution in [2.45, 2.75) is 33.1 Å². The van der Waals surface area contributed by atoms with Gasteiger partial charge in [0.15, 0.2) is 0 Å². The molecule has 1 saturated carbocycles. The fourth-order valence-electron chi connectivity index (χ4n) is 1.45. The Kier molecular flexibility index (Phi) is 2.74. The number of halogens is 1. The van der Waals surface area contributed by atoms with E-state index in [0.717, 1.165) is 5.92 Å². The molecule has 0 spiro atoms. The zero-order valence-electron chi connectivity index (χ0n) is 7.51. The molecule has 0 atom stereocenters. The van der Waals surface area contributed by atoms with Crippen LogP contribution < -0.4 is 0 Å². The minimum atomic E-state index is -3.29. The summed E-state index contributed by atoms with van der Waals surface area (Å²) < 4.78 is 21.4. The van der Waals surface area contributed by atoms with Crippen molar-refractivity contribution in [3.63, 3.8) is 0 Å². The van der Waals surface area contributed by atoms with Crippen molar-refractivity contribution in [2.24, 2.45) is 11.3 Å². The Balaban J connectivity index is 2.40. The second kappa shape index (κ2) is 3.18. The third-order valence-corrected chi connectivity index (χ3v) is 3.83. The van der Waals surface area contributed by atoms with Crippen LogP contribution in [0, 0.1) is 11.3 Å². The van der Waals surface area contributed by atoms with Gasteiger partial charge in [-0.2, -0.15) is 0 Å². The lowest BCUT2D eigenvalue weighted by Gasteiger charge is -2.23. The molecule has 0 N–H and O–H groups in total. The van der Waals surface area contributed by atoms with E-state index in [1.54, 1.807) is 0 Å². The minimum absolute atomic E-state index is 0.109. The summed E-state index contributed by atoms with van der Waals surface area (Å²) in [6.07, 6.45) is 3.17. The first-order valence-electron chi connectivity index (χ1n) is 4.24. The summed E-state index contributed by atoms with van der Waals surface area (Å²) in [4.78, 5) is 0. The van der Waals surface area contributed by atoms with Gasteiger partial charge in [0.05, 0.1) is 5.75 Å². The summed E-state index contributed by atoms with van der Waals surface area (Å²) in [5.41, 5.74) is 0.155. The van der Waals surface area contributed by atoms with E-state index >= 15 is 0 Å². The molecule has 1 aliphatic rings. The topological polar surface area (TPSA) is 34.1 Å². The van der Waals surface area contributed by atoms with Gasteiger partial charge in [-0.3, -0.25) is 0 Å². The van der Waals surface area contributed by atoms with Crippen LogP contribution in [-0.4, -0.2) is 14.2 Å². The fourth-order valence-corrected chi connectivity index (χ4v) is 2.46. The highest BCUT2D eigenvalue weighted by molar-refractivity contribution is 8.13. The third kappa shape index (κ3) is 3.31. The molecule has 12 heavy (non-hydrogen) atoms. The third-order valence-electron chi connectivity index (χ3n) is 2.67. The molecule has 1 fully saturated rings. The van der Waals surface area contributed by atoms with Gasteiger partial charge in [-0.05, 0) is 30.6 Å². The molecule has 0 heterocycles. The van der Waals surface area contributed by atoms with Gasteiger partial charge in [-0.1, -0.05) is 13.8 Å². The smallest absolute Gasteiger partial charge is 0.212 e. The zero-order chi connectivity index (χ0) is 9.41. The van der Waals surface area contributed by atoms with Crippen LogP contribution >= 0.6 is 10.7 Å². The predicted octanol–water partition coefficient (Wildman–Crippen LogP) is 2.38. The van der Waals surface area contributed by atoms with Gasteiger partial charge >= 0.3 is 0 Å². The molecular formula is C8H15ClO2S. The molecule has 0 aromatic carbocycles. The summed E-state index contributed by atoms with van der Waals surface area (Å²) in [6, 6.07) is 0. The van der Waals surface area contributed by atoms with E-state index < -0.39 is 9.05 Å². The van der Waals surface area contributed by atoms with Gasteiger partial charge < -0.3 is 0 Å². The van der Waals surface area contributed by atoms with E-state index in [9.17, 15) is 8.42 Å². The van der Waals surface area contributed by atoms with E-state index in [4.69, 9.17) is 10.7 Å². The van der Waals surface area contributed by atoms with Crippen molar-refractivity contribution in [1.82, 2.24) is 0 Å². The lowest BCUT2D eigenvalue weighted by molar-refractivity contribution is 0.298. The van der Waals surface area contributed by atoms with Crippen LogP contribution in [0.1, 0.15) is 33.1 Å². The second-order valence-electron chi connectivity index (χ2n) is 4.26. The molecular weight excluding hydrogens is 196 g/mol. The highest BCUT2D eigenvalue weighted by Gasteiger charge is 2.37. The first-order chi connectivity index (χ1) is 5.31. The summed E-state index contributed by atoms with van der Waals surface area (Å²) in [5, 5.41) is 0. The highest BCUT2D eigenvalue weighted by atomic mass is 35.7. The fraction of sp³-hybridized carbons (Fsp3) is 1.00. The van der Waals surface area contributed by atoms with Crippen LogP contribution in [0.15, 0.2) is 0 Å². The number of hydrogen-bond acceptors (Lipinski definition) is 2. The first kappa shape index (κ1) is 10.3. The second-order valence-corrected chi connectivity index (χ2v) is 7.15. The predicted molar refractivity (Wildman–Crippen MR) is 50.8 cm³/mol. The highest BCUT2D eigenvalue weighted by Crippen LogP contribution is 2.47. The molecule has 4 heteroatoms. The van der Waals surface area contributed by atoms with Gasteiger partial charge in [0, 0.05) is 10.7 Å². The molecule has 2 nitrogen and oxygen atoms in total. The Morgan fingerprint density at radius 3 is 2.25 bits per heavy atom. The van der Waals surface area contributed by atoms with Gasteiger partial charge in [0.2, 0.25) is 9.05 Å². The van der Waals surface area contributed by atoms with Crippen LogP contribution in [-0.2, 0) is 9.05 Å². The summed E-state index contributed by atoms with van der Waals surface area (Å²) >= 11 is 0. The van der Waals surface area contributed by atoms with E-state index in [0.29, 0.717) is 6.42 Å². The Bertz CT molecular complexity index is 252. The van der Waals surface area contributed by atoms with E-state index in [1.165, 1.54) is 12.8 Å². The summed E-state index contributed by atoms with van der Waals surface area (Å²) in [6.45, 7) is 4.24. The average Bonchev–Trinajstić information content (AvgIpc) is 2.62. The maximum atomic E-state index is 10.7. The monoisotopic (exact) mass is 210 g/mol. The SMILES string of the molecule is CC(C)(CCS(=O)(=O)Cl)C1CC1. The molecule has 0 aliphatic heterocycles. The van der Waals surface area contributed by atoms with Gasteiger partial charge in [-0.25, -0.2) is 8.42 Å². The quantitative estimate of drug-likeness (QED) is 0.668. The van der Waals surface area contributed by atoms with Gasteiger partial charge in [0.1, 0.15) is 0 Å². The Morgan fingerprint density at radius 1 is 1.42 bits per heavy atom. The lowest BCUT2D eigenvalue weighted by atomic mass is 9.85. The van der Waals surface area contributed by atoms with Crippen molar-refractivity contribution in [2.75, 3.05) is 5.75 Å². The van der Waals surface area contributed by atoms with Gasteiger partial charge in [-0.15, -0.1) is 0 Å². The molecule has 0 amide bonds. The molecule has 1 rings (SSSR count). The molecule has 0 bridgehead atoms. The normalized spacial score (nSPS) is 19.6. The van der Waals surface area contributed by atoms with E-state index in [1.807, 2.05) is 0 Å². The van der Waals surface area contributed by atoms with Crippen molar-refractivity contribution < 1.29 is 8.42 Å². The van der Waals surface area contributed by atoms with Crippen molar-refractivity contribution in [3.8, 4) is 0 Å². The zero-order valence-corrected chi connectivity index (χ0v) is 9.08. The molecule has 0 unspecified atom stereocenters. The standard InChI is InChI=1S/C8H15ClO2S/c1-8(2,7-3-4-7)5-6-12(9,10)11/h7H,3-6H2,1-2H3. The minimum Gasteiger partial charge on any atom is -0.212 e. The van der Waals surface area contributed by atoms with Crippen LogP contribution in [0.4, 0.5) is 0 Å². The van der Waals surface area contributed by atoms with Crippen molar-refractivity contribution in [3.05, 3.63) is 0 Å². The largest absolute Gasteiger partial charge is 0.232 e. The average molecular weight is 211 g/mol. The number of hydrogen-bond donors (Lipinski definition) is 0. The lowest BCUT2D eigenvalue weighted by Crippen LogP contribution is -2.17. The maximum Gasteiger partial charge on any atom is 0.232 e. The Labute approximate surface area is 78.7 Å². The van der Waals surface area contributed by atoms with Crippen LogP contribution in [0.5, 0.6) is 0 Å². The maximum absolute atomic E-state index is 10.7. The molecule has 0 aromatic heterocycles. The van der Waals surface area contributed by atoms with Crippen molar-refractivity contribution in [1.29, 1.82) is 0 Å². The molecule has 0 saturated heterocycles. The first-order valence-corrected chi connectivity index (χ1v) is 6.71. The molecule has 0 radical (unpaired) electrons. The van der Waals surface area contributed by atoms with Crippen molar-refractivity contribution >= 4 is 19.7 Å². The number of rotatable bonds is 4. The van der Waals surface area contributed by atoms with Gasteiger partial charge in [0.25, 0.3) is 0 Å². The van der Waals surface area contributed by atoms with Crippen LogP contribution in [0.3, 0.4) is 0 Å². The van der Waals surface area contributed by atoms with E-state index in [-0.39, 0.29) is 11.2 Å². The Hall–Kier alpha value is 0.240. The molecule has 0 aromatic rings. The van der Waals surface area contributed by atoms with Crippen LogP contribution in [0.2, 0.25) is 0 Å². The van der Waals surface area contributed by atoms with Crippen LogP contribution in [0.25, 0.3) is 0 Å². The summed E-state index contributed by atoms with van der Waals surface area (Å²) in [7, 11) is 1.85. The molecule has 1 aliphatic carbocycles.